The van der Waals surface area contributed by atoms with Crippen LogP contribution in [-0.4, -0.2) is 42.3 Å². The van der Waals surface area contributed by atoms with E-state index >= 15 is 0 Å². The normalized spacial score (nSPS) is 28.8. The summed E-state index contributed by atoms with van der Waals surface area (Å²) in [6, 6.07) is 0.572. The molecule has 0 aliphatic carbocycles. The van der Waals surface area contributed by atoms with E-state index in [1.165, 1.54) is 0 Å². The van der Waals surface area contributed by atoms with Crippen LogP contribution in [0.15, 0.2) is 6.33 Å². The summed E-state index contributed by atoms with van der Waals surface area (Å²) in [5.41, 5.74) is 3.00. The number of thioether (sulfide) groups is 2. The first-order valence-electron chi connectivity index (χ1n) is 7.14. The highest BCUT2D eigenvalue weighted by molar-refractivity contribution is 8.07. The van der Waals surface area contributed by atoms with Crippen molar-refractivity contribution in [2.75, 3.05) is 5.75 Å². The van der Waals surface area contributed by atoms with Crippen molar-refractivity contribution >= 4 is 23.5 Å². The summed E-state index contributed by atoms with van der Waals surface area (Å²) >= 11 is 4.08. The van der Waals surface area contributed by atoms with Crippen molar-refractivity contribution in [1.29, 1.82) is 0 Å². The highest BCUT2D eigenvalue weighted by Gasteiger charge is 2.31. The zero-order chi connectivity index (χ0) is 14.7. The number of hydrogen-bond donors (Lipinski definition) is 2. The number of hydrazine groups is 1. The lowest BCUT2D eigenvalue weighted by molar-refractivity contribution is 0.458. The fourth-order valence-electron chi connectivity index (χ4n) is 2.36. The minimum atomic E-state index is 0.240. The van der Waals surface area contributed by atoms with Crippen LogP contribution in [0.1, 0.15) is 39.6 Å². The summed E-state index contributed by atoms with van der Waals surface area (Å²) in [6.07, 6.45) is 2.46. The molecule has 114 valence electrons. The van der Waals surface area contributed by atoms with Gasteiger partial charge in [0, 0.05) is 40.0 Å². The van der Waals surface area contributed by atoms with E-state index in [1.807, 2.05) is 28.2 Å². The van der Waals surface area contributed by atoms with Gasteiger partial charge in [-0.25, -0.2) is 9.67 Å². The van der Waals surface area contributed by atoms with Crippen LogP contribution in [0, 0.1) is 0 Å². The molecule has 4 atom stereocenters. The maximum Gasteiger partial charge on any atom is 0.138 e. The molecule has 1 fully saturated rings. The summed E-state index contributed by atoms with van der Waals surface area (Å²) in [6.45, 7) is 8.85. The monoisotopic (exact) mass is 315 g/mol. The third kappa shape index (κ3) is 3.69. The molecule has 0 bridgehead atoms. The van der Waals surface area contributed by atoms with Crippen molar-refractivity contribution in [3.05, 3.63) is 12.2 Å². The molecule has 0 spiro atoms. The minimum Gasteiger partial charge on any atom is -0.271 e. The van der Waals surface area contributed by atoms with E-state index in [4.69, 9.17) is 5.84 Å². The second kappa shape index (κ2) is 7.15. The third-order valence-electron chi connectivity index (χ3n) is 3.78. The summed E-state index contributed by atoms with van der Waals surface area (Å²) in [7, 11) is 0. The van der Waals surface area contributed by atoms with E-state index in [9.17, 15) is 0 Å². The van der Waals surface area contributed by atoms with Crippen molar-refractivity contribution in [2.45, 2.75) is 61.9 Å². The molecule has 4 unspecified atom stereocenters. The van der Waals surface area contributed by atoms with Crippen LogP contribution in [-0.2, 0) is 6.42 Å². The molecular weight excluding hydrogens is 290 g/mol. The molecule has 0 saturated carbocycles. The lowest BCUT2D eigenvalue weighted by Gasteiger charge is -2.35. The van der Waals surface area contributed by atoms with E-state index in [-0.39, 0.29) is 6.04 Å². The maximum atomic E-state index is 5.80. The molecule has 1 aromatic rings. The zero-order valence-electron chi connectivity index (χ0n) is 12.6. The molecule has 1 saturated heterocycles. The summed E-state index contributed by atoms with van der Waals surface area (Å²) < 4.78 is 1.98. The average molecular weight is 316 g/mol. The van der Waals surface area contributed by atoms with Gasteiger partial charge in [-0.2, -0.15) is 28.6 Å². The molecular formula is C13H25N5S2. The van der Waals surface area contributed by atoms with Gasteiger partial charge in [-0.1, -0.05) is 13.8 Å². The smallest absolute Gasteiger partial charge is 0.138 e. The summed E-state index contributed by atoms with van der Waals surface area (Å²) in [5.74, 6) is 7.95. The molecule has 2 rings (SSSR count). The van der Waals surface area contributed by atoms with Gasteiger partial charge in [0.15, 0.2) is 0 Å². The first-order chi connectivity index (χ1) is 9.52. The molecule has 1 aliphatic rings. The Kier molecular flexibility index (Phi) is 5.77. The highest BCUT2D eigenvalue weighted by atomic mass is 32.2. The molecule has 7 heteroatoms. The van der Waals surface area contributed by atoms with Crippen LogP contribution in [0.4, 0.5) is 0 Å². The molecule has 1 aromatic heterocycles. The summed E-state index contributed by atoms with van der Waals surface area (Å²) in [4.78, 5) is 4.39. The van der Waals surface area contributed by atoms with Crippen molar-refractivity contribution < 1.29 is 0 Å². The molecule has 0 radical (unpaired) electrons. The van der Waals surface area contributed by atoms with Crippen molar-refractivity contribution in [1.82, 2.24) is 20.2 Å². The van der Waals surface area contributed by atoms with Crippen molar-refractivity contribution in [3.63, 3.8) is 0 Å². The van der Waals surface area contributed by atoms with Crippen LogP contribution >= 0.6 is 23.5 Å². The minimum absolute atomic E-state index is 0.240. The number of hydrogen-bond acceptors (Lipinski definition) is 6. The molecule has 0 aromatic carbocycles. The predicted octanol–water partition coefficient (Wildman–Crippen LogP) is 1.86. The molecule has 1 aliphatic heterocycles. The van der Waals surface area contributed by atoms with Gasteiger partial charge in [0.1, 0.15) is 12.2 Å². The first-order valence-corrected chi connectivity index (χ1v) is 9.13. The van der Waals surface area contributed by atoms with Gasteiger partial charge in [-0.3, -0.25) is 11.3 Å². The molecule has 20 heavy (non-hydrogen) atoms. The van der Waals surface area contributed by atoms with E-state index in [0.717, 1.165) is 18.0 Å². The Hall–Kier alpha value is -0.240. The van der Waals surface area contributed by atoms with Gasteiger partial charge in [0.25, 0.3) is 0 Å². The second-order valence-corrected chi connectivity index (χ2v) is 8.64. The third-order valence-corrected chi connectivity index (χ3v) is 7.33. The molecule has 3 N–H and O–H groups in total. The Labute approximate surface area is 129 Å². The Balaban J connectivity index is 2.03. The maximum absolute atomic E-state index is 5.80. The van der Waals surface area contributed by atoms with Gasteiger partial charge in [-0.05, 0) is 13.8 Å². The van der Waals surface area contributed by atoms with Crippen LogP contribution in [0.25, 0.3) is 0 Å². The fourth-order valence-corrected chi connectivity index (χ4v) is 5.48. The Morgan fingerprint density at radius 2 is 2.20 bits per heavy atom. The number of rotatable bonds is 5. The largest absolute Gasteiger partial charge is 0.271 e. The van der Waals surface area contributed by atoms with Crippen LogP contribution in [0.5, 0.6) is 0 Å². The van der Waals surface area contributed by atoms with Gasteiger partial charge >= 0.3 is 0 Å². The lowest BCUT2D eigenvalue weighted by Crippen LogP contribution is -2.48. The van der Waals surface area contributed by atoms with Gasteiger partial charge < -0.3 is 0 Å². The zero-order valence-corrected chi connectivity index (χ0v) is 14.2. The molecule has 0 amide bonds. The number of nitrogens with two attached hydrogens (primary N) is 1. The average Bonchev–Trinajstić information content (AvgIpc) is 2.87. The van der Waals surface area contributed by atoms with Gasteiger partial charge in [0.05, 0.1) is 0 Å². The van der Waals surface area contributed by atoms with E-state index in [1.54, 1.807) is 6.33 Å². The van der Waals surface area contributed by atoms with Crippen LogP contribution in [0.3, 0.4) is 0 Å². The Bertz CT molecular complexity index is 423. The standard InChI is InChI=1S/C13H25N5S2/c1-8(2)18-13(15-7-16-18)5-11(17-14)12-6-19-9(3)10(4)20-12/h7-12,17H,5-6,14H2,1-4H3. The van der Waals surface area contributed by atoms with Gasteiger partial charge in [0.2, 0.25) is 0 Å². The predicted molar refractivity (Wildman–Crippen MR) is 88.0 cm³/mol. The number of nitrogens with one attached hydrogen (secondary N) is 1. The van der Waals surface area contributed by atoms with Gasteiger partial charge in [-0.15, -0.1) is 0 Å². The summed E-state index contributed by atoms with van der Waals surface area (Å²) in [5, 5.41) is 6.20. The Morgan fingerprint density at radius 3 is 2.80 bits per heavy atom. The number of nitrogens with zero attached hydrogens (tertiary/aromatic N) is 3. The number of aromatic nitrogens is 3. The van der Waals surface area contributed by atoms with Crippen LogP contribution < -0.4 is 11.3 Å². The van der Waals surface area contributed by atoms with Crippen molar-refractivity contribution in [3.8, 4) is 0 Å². The van der Waals surface area contributed by atoms with E-state index < -0.39 is 0 Å². The quantitative estimate of drug-likeness (QED) is 0.638. The second-order valence-electron chi connectivity index (χ2n) is 5.61. The highest BCUT2D eigenvalue weighted by Crippen LogP contribution is 2.37. The molecule has 5 nitrogen and oxygen atoms in total. The fraction of sp³-hybridized carbons (Fsp3) is 0.846. The first kappa shape index (κ1) is 16.1. The van der Waals surface area contributed by atoms with E-state index in [0.29, 0.717) is 21.8 Å². The topological polar surface area (TPSA) is 68.8 Å². The van der Waals surface area contributed by atoms with Crippen LogP contribution in [0.2, 0.25) is 0 Å². The molecule has 2 heterocycles. The Morgan fingerprint density at radius 1 is 1.45 bits per heavy atom. The lowest BCUT2D eigenvalue weighted by atomic mass is 10.1. The van der Waals surface area contributed by atoms with E-state index in [2.05, 4.69) is 43.2 Å². The van der Waals surface area contributed by atoms with Crippen molar-refractivity contribution in [2.24, 2.45) is 5.84 Å². The SMILES string of the molecule is CC1SCC(C(Cc2ncnn2C(C)C)NN)SC1C.